The standard InChI is InChI=1S/C35H28N6O4/c1-3-31(43)41-14-13-40(20-23(41)10-12-36)34-32-30(38-35(39-34)45-25-9-8-21(2)37-19-25)18-29(27-11-15-44-33(27)32)28-17-24(42)16-22-6-4-5-7-26(22)28/h3-9,11,15-19,23,42H,1,10,13-14,20H2,2H3/t23-/m0/s1. The number of carbonyl (C=O) groups is 1. The van der Waals surface area contributed by atoms with Crippen molar-refractivity contribution in [3.63, 3.8) is 0 Å². The molecular weight excluding hydrogens is 568 g/mol. The van der Waals surface area contributed by atoms with Gasteiger partial charge in [0.25, 0.3) is 0 Å². The lowest BCUT2D eigenvalue weighted by Crippen LogP contribution is -2.55. The van der Waals surface area contributed by atoms with Gasteiger partial charge in [0, 0.05) is 30.7 Å². The smallest absolute Gasteiger partial charge is 0.324 e. The maximum atomic E-state index is 12.6. The van der Waals surface area contributed by atoms with Crippen molar-refractivity contribution in [1.29, 1.82) is 5.26 Å². The lowest BCUT2D eigenvalue weighted by molar-refractivity contribution is -0.128. The third-order valence-electron chi connectivity index (χ3n) is 8.16. The second-order valence-corrected chi connectivity index (χ2v) is 11.0. The monoisotopic (exact) mass is 596 g/mol. The molecule has 0 bridgehead atoms. The Morgan fingerprint density at radius 2 is 1.98 bits per heavy atom. The van der Waals surface area contributed by atoms with Crippen LogP contribution in [0.1, 0.15) is 12.1 Å². The second-order valence-electron chi connectivity index (χ2n) is 11.0. The van der Waals surface area contributed by atoms with Crippen LogP contribution in [0.15, 0.2) is 90.2 Å². The van der Waals surface area contributed by atoms with Crippen molar-refractivity contribution in [2.75, 3.05) is 24.5 Å². The Balaban J connectivity index is 1.45. The molecule has 45 heavy (non-hydrogen) atoms. The molecule has 1 fully saturated rings. The number of anilines is 1. The van der Waals surface area contributed by atoms with Gasteiger partial charge >= 0.3 is 6.01 Å². The van der Waals surface area contributed by atoms with Gasteiger partial charge in [0.05, 0.1) is 41.9 Å². The molecule has 1 N–H and O–H groups in total. The molecule has 6 aromatic rings. The Bertz CT molecular complexity index is 2150. The van der Waals surface area contributed by atoms with Crippen LogP contribution in [-0.4, -0.2) is 56.5 Å². The van der Waals surface area contributed by atoms with Gasteiger partial charge in [0.2, 0.25) is 5.91 Å². The largest absolute Gasteiger partial charge is 0.508 e. The second kappa shape index (κ2) is 11.3. The number of phenolic OH excluding ortho intramolecular Hbond substituents is 1. The van der Waals surface area contributed by atoms with Crippen molar-refractivity contribution in [3.05, 3.63) is 91.5 Å². The number of furan rings is 1. The number of benzene rings is 3. The lowest BCUT2D eigenvalue weighted by atomic mass is 9.94. The van der Waals surface area contributed by atoms with E-state index in [9.17, 15) is 15.2 Å². The summed E-state index contributed by atoms with van der Waals surface area (Å²) in [6.45, 7) is 6.74. The average molecular weight is 597 g/mol. The molecule has 1 amide bonds. The highest BCUT2D eigenvalue weighted by molar-refractivity contribution is 6.16. The number of aromatic nitrogens is 3. The van der Waals surface area contributed by atoms with Crippen LogP contribution < -0.4 is 9.64 Å². The average Bonchev–Trinajstić information content (AvgIpc) is 3.55. The molecule has 7 rings (SSSR count). The Kier molecular flexibility index (Phi) is 6.98. The first-order valence-electron chi connectivity index (χ1n) is 14.5. The number of hydrogen-bond donors (Lipinski definition) is 1. The number of nitriles is 1. The minimum atomic E-state index is -0.366. The fourth-order valence-electron chi connectivity index (χ4n) is 6.07. The van der Waals surface area contributed by atoms with Crippen molar-refractivity contribution in [2.45, 2.75) is 19.4 Å². The number of ether oxygens (including phenoxy) is 1. The van der Waals surface area contributed by atoms with Crippen molar-refractivity contribution in [2.24, 2.45) is 0 Å². The molecule has 0 unspecified atom stereocenters. The lowest BCUT2D eigenvalue weighted by Gasteiger charge is -2.41. The number of hydrogen-bond acceptors (Lipinski definition) is 9. The zero-order chi connectivity index (χ0) is 31.1. The summed E-state index contributed by atoms with van der Waals surface area (Å²) in [5.74, 6) is 0.980. The van der Waals surface area contributed by atoms with Crippen molar-refractivity contribution >= 4 is 44.4 Å². The van der Waals surface area contributed by atoms with Crippen LogP contribution in [0.5, 0.6) is 17.5 Å². The summed E-state index contributed by atoms with van der Waals surface area (Å²) >= 11 is 0. The summed E-state index contributed by atoms with van der Waals surface area (Å²) in [4.78, 5) is 30.4. The minimum absolute atomic E-state index is 0.113. The van der Waals surface area contributed by atoms with Gasteiger partial charge < -0.3 is 24.1 Å². The first-order chi connectivity index (χ1) is 21.9. The van der Waals surface area contributed by atoms with Gasteiger partial charge in [-0.25, -0.2) is 0 Å². The van der Waals surface area contributed by atoms with E-state index in [0.29, 0.717) is 47.7 Å². The number of piperazine rings is 1. The molecule has 222 valence electrons. The maximum Gasteiger partial charge on any atom is 0.324 e. The minimum Gasteiger partial charge on any atom is -0.508 e. The molecule has 1 aliphatic heterocycles. The van der Waals surface area contributed by atoms with E-state index < -0.39 is 0 Å². The summed E-state index contributed by atoms with van der Waals surface area (Å²) in [6, 6.07) is 20.8. The van der Waals surface area contributed by atoms with Crippen LogP contribution in [0.25, 0.3) is 43.8 Å². The quantitative estimate of drug-likeness (QED) is 0.214. The molecular formula is C35H28N6O4. The Labute approximate surface area is 258 Å². The molecule has 1 atom stereocenters. The van der Waals surface area contributed by atoms with Gasteiger partial charge in [-0.1, -0.05) is 30.8 Å². The topological polar surface area (TPSA) is 129 Å². The number of rotatable bonds is 6. The van der Waals surface area contributed by atoms with Crippen LogP contribution in [0, 0.1) is 18.3 Å². The molecule has 0 spiro atoms. The summed E-state index contributed by atoms with van der Waals surface area (Å²) in [5, 5.41) is 23.6. The maximum absolute atomic E-state index is 12.6. The molecule has 4 heterocycles. The summed E-state index contributed by atoms with van der Waals surface area (Å²) in [6.07, 6.45) is 4.68. The molecule has 10 heteroatoms. The molecule has 3 aromatic carbocycles. The van der Waals surface area contributed by atoms with E-state index in [2.05, 4.69) is 17.6 Å². The number of nitrogens with zero attached hydrogens (tertiary/aromatic N) is 6. The highest BCUT2D eigenvalue weighted by Crippen LogP contribution is 2.43. The first-order valence-corrected chi connectivity index (χ1v) is 14.5. The van der Waals surface area contributed by atoms with Gasteiger partial charge in [0.1, 0.15) is 22.9 Å². The predicted octanol–water partition coefficient (Wildman–Crippen LogP) is 6.51. The van der Waals surface area contributed by atoms with Crippen molar-refractivity contribution in [3.8, 4) is 34.7 Å². The van der Waals surface area contributed by atoms with E-state index >= 15 is 0 Å². The normalized spacial score (nSPS) is 15.0. The van der Waals surface area contributed by atoms with Crippen molar-refractivity contribution < 1.29 is 19.1 Å². The number of phenols is 1. The van der Waals surface area contributed by atoms with E-state index in [4.69, 9.17) is 19.1 Å². The molecule has 3 aromatic heterocycles. The van der Waals surface area contributed by atoms with Crippen LogP contribution in [0.2, 0.25) is 0 Å². The first kappa shape index (κ1) is 27.9. The van der Waals surface area contributed by atoms with Gasteiger partial charge in [0.15, 0.2) is 0 Å². The fraction of sp³-hybridized carbons (Fsp3) is 0.171. The Morgan fingerprint density at radius 3 is 2.78 bits per heavy atom. The number of aryl methyl sites for hydroxylation is 1. The Morgan fingerprint density at radius 1 is 1.13 bits per heavy atom. The number of pyridine rings is 1. The predicted molar refractivity (Wildman–Crippen MR) is 171 cm³/mol. The van der Waals surface area contributed by atoms with E-state index in [1.165, 1.54) is 6.08 Å². The van der Waals surface area contributed by atoms with E-state index in [-0.39, 0.29) is 30.1 Å². The number of fused-ring (bicyclic) bond motifs is 4. The van der Waals surface area contributed by atoms with E-state index in [0.717, 1.165) is 33.0 Å². The van der Waals surface area contributed by atoms with Crippen LogP contribution in [-0.2, 0) is 4.79 Å². The van der Waals surface area contributed by atoms with Crippen molar-refractivity contribution in [1.82, 2.24) is 19.9 Å². The highest BCUT2D eigenvalue weighted by atomic mass is 16.5. The molecule has 0 radical (unpaired) electrons. The van der Waals surface area contributed by atoms with Gasteiger partial charge in [-0.05, 0) is 71.3 Å². The molecule has 10 nitrogen and oxygen atoms in total. The summed E-state index contributed by atoms with van der Waals surface area (Å²) < 4.78 is 12.3. The Hall–Kier alpha value is -5.95. The van der Waals surface area contributed by atoms with Gasteiger partial charge in [-0.3, -0.25) is 9.78 Å². The fourth-order valence-corrected chi connectivity index (χ4v) is 6.07. The van der Waals surface area contributed by atoms with E-state index in [1.807, 2.05) is 54.3 Å². The van der Waals surface area contributed by atoms with Crippen LogP contribution in [0.3, 0.4) is 0 Å². The van der Waals surface area contributed by atoms with Crippen LogP contribution >= 0.6 is 0 Å². The molecule has 1 aliphatic rings. The highest BCUT2D eigenvalue weighted by Gasteiger charge is 2.32. The third kappa shape index (κ3) is 5.04. The molecule has 0 saturated carbocycles. The molecule has 0 aliphatic carbocycles. The number of carbonyl (C=O) groups excluding carboxylic acids is 1. The summed E-state index contributed by atoms with van der Waals surface area (Å²) in [5.41, 5.74) is 3.65. The van der Waals surface area contributed by atoms with Gasteiger partial charge in [-0.15, -0.1) is 0 Å². The SMILES string of the molecule is C=CC(=O)N1CCN(c2nc(Oc3ccc(C)nc3)nc3cc(-c4cc(O)cc5ccccc45)c4ccoc4c23)C[C@@H]1CC#N. The molecule has 1 saturated heterocycles. The number of aromatic hydroxyl groups is 1. The van der Waals surface area contributed by atoms with Crippen LogP contribution in [0.4, 0.5) is 5.82 Å². The zero-order valence-electron chi connectivity index (χ0n) is 24.5. The zero-order valence-corrected chi connectivity index (χ0v) is 24.5. The van der Waals surface area contributed by atoms with Gasteiger partial charge in [-0.2, -0.15) is 15.2 Å². The summed E-state index contributed by atoms with van der Waals surface area (Å²) in [7, 11) is 0. The number of amides is 1. The third-order valence-corrected chi connectivity index (χ3v) is 8.16. The van der Waals surface area contributed by atoms with E-state index in [1.54, 1.807) is 35.6 Å².